The van der Waals surface area contributed by atoms with Crippen LogP contribution in [0, 0.1) is 11.8 Å². The normalized spacial score (nSPS) is 24.1. The standard InChI is InChI=1S/C18H27N3O4/c22-17(20-5-1-3-16-4-2-8-25-16)14-11-15(13-19-12-14)18(23)21-6-9-24-10-7-21/h2,4,8,14-15,19H,1,3,5-7,9-13H2,(H,20,22)/t14-,15+/m1/s1. The van der Waals surface area contributed by atoms with E-state index in [4.69, 9.17) is 9.15 Å². The third-order valence-corrected chi connectivity index (χ3v) is 4.87. The van der Waals surface area contributed by atoms with Crippen LogP contribution in [0.25, 0.3) is 0 Å². The molecular weight excluding hydrogens is 322 g/mol. The summed E-state index contributed by atoms with van der Waals surface area (Å²) in [5, 5.41) is 6.23. The average Bonchev–Trinajstić information content (AvgIpc) is 3.19. The summed E-state index contributed by atoms with van der Waals surface area (Å²) < 4.78 is 10.6. The monoisotopic (exact) mass is 349 g/mol. The quantitative estimate of drug-likeness (QED) is 0.727. The zero-order valence-corrected chi connectivity index (χ0v) is 14.5. The van der Waals surface area contributed by atoms with Crippen LogP contribution in [0.5, 0.6) is 0 Å². The van der Waals surface area contributed by atoms with Gasteiger partial charge in [0.2, 0.25) is 11.8 Å². The third-order valence-electron chi connectivity index (χ3n) is 4.87. The summed E-state index contributed by atoms with van der Waals surface area (Å²) in [6.45, 7) is 4.42. The molecule has 0 spiro atoms. The highest BCUT2D eigenvalue weighted by atomic mass is 16.5. The van der Waals surface area contributed by atoms with Crippen molar-refractivity contribution in [2.24, 2.45) is 11.8 Å². The molecule has 2 aliphatic rings. The summed E-state index contributed by atoms with van der Waals surface area (Å²) in [6, 6.07) is 3.81. The molecule has 2 atom stereocenters. The second kappa shape index (κ2) is 9.01. The minimum absolute atomic E-state index is 0.0337. The van der Waals surface area contributed by atoms with Gasteiger partial charge in [-0.25, -0.2) is 0 Å². The topological polar surface area (TPSA) is 83.8 Å². The summed E-state index contributed by atoms with van der Waals surface area (Å²) >= 11 is 0. The number of rotatable bonds is 6. The molecule has 7 nitrogen and oxygen atoms in total. The Balaban J connectivity index is 1.40. The lowest BCUT2D eigenvalue weighted by Gasteiger charge is -2.34. The lowest BCUT2D eigenvalue weighted by atomic mass is 9.88. The Morgan fingerprint density at radius 1 is 1.24 bits per heavy atom. The van der Waals surface area contributed by atoms with Crippen LogP contribution >= 0.6 is 0 Å². The number of aryl methyl sites for hydroxylation is 1. The van der Waals surface area contributed by atoms with E-state index in [1.165, 1.54) is 0 Å². The van der Waals surface area contributed by atoms with Crippen molar-refractivity contribution in [3.05, 3.63) is 24.2 Å². The molecule has 0 aromatic carbocycles. The first kappa shape index (κ1) is 17.9. The van der Waals surface area contributed by atoms with Crippen LogP contribution in [-0.4, -0.2) is 62.7 Å². The maximum atomic E-state index is 12.6. The number of amides is 2. The summed E-state index contributed by atoms with van der Waals surface area (Å²) in [5.74, 6) is 0.848. The molecule has 2 N–H and O–H groups in total. The lowest BCUT2D eigenvalue weighted by molar-refractivity contribution is -0.141. The molecule has 7 heteroatoms. The molecular formula is C18H27N3O4. The molecule has 0 bridgehead atoms. The highest BCUT2D eigenvalue weighted by molar-refractivity contribution is 5.83. The molecule has 0 radical (unpaired) electrons. The highest BCUT2D eigenvalue weighted by Gasteiger charge is 2.33. The Labute approximate surface area is 148 Å². The van der Waals surface area contributed by atoms with Gasteiger partial charge >= 0.3 is 0 Å². The number of nitrogens with one attached hydrogen (secondary N) is 2. The van der Waals surface area contributed by atoms with Crippen molar-refractivity contribution in [2.45, 2.75) is 19.3 Å². The van der Waals surface area contributed by atoms with E-state index in [1.54, 1.807) is 6.26 Å². The van der Waals surface area contributed by atoms with Crippen molar-refractivity contribution in [1.29, 1.82) is 0 Å². The number of hydrogen-bond donors (Lipinski definition) is 2. The molecule has 2 fully saturated rings. The van der Waals surface area contributed by atoms with Crippen molar-refractivity contribution in [3.8, 4) is 0 Å². The van der Waals surface area contributed by atoms with Crippen LogP contribution in [0.2, 0.25) is 0 Å². The minimum atomic E-state index is -0.146. The Bertz CT molecular complexity index is 555. The fraction of sp³-hybridized carbons (Fsp3) is 0.667. The van der Waals surface area contributed by atoms with Gasteiger partial charge in [0.05, 0.1) is 31.3 Å². The Kier molecular flexibility index (Phi) is 6.47. The molecule has 1 aromatic heterocycles. The van der Waals surface area contributed by atoms with Crippen LogP contribution in [0.15, 0.2) is 22.8 Å². The van der Waals surface area contributed by atoms with Gasteiger partial charge in [-0.2, -0.15) is 0 Å². The molecule has 2 saturated heterocycles. The number of nitrogens with zero attached hydrogens (tertiary/aromatic N) is 1. The SMILES string of the molecule is O=C(NCCCc1ccco1)[C@H]1CNC[C@@H](C(=O)N2CCOCC2)C1. The maximum Gasteiger partial charge on any atom is 0.227 e. The number of furan rings is 1. The largest absolute Gasteiger partial charge is 0.469 e. The fourth-order valence-corrected chi connectivity index (χ4v) is 3.45. The van der Waals surface area contributed by atoms with E-state index >= 15 is 0 Å². The van der Waals surface area contributed by atoms with Crippen LogP contribution in [0.4, 0.5) is 0 Å². The zero-order valence-electron chi connectivity index (χ0n) is 14.5. The number of carbonyl (C=O) groups is 2. The predicted molar refractivity (Wildman–Crippen MR) is 91.9 cm³/mol. The van der Waals surface area contributed by atoms with Gasteiger partial charge in [0, 0.05) is 39.1 Å². The first-order valence-electron chi connectivity index (χ1n) is 9.11. The van der Waals surface area contributed by atoms with Crippen molar-refractivity contribution < 1.29 is 18.7 Å². The molecule has 0 saturated carbocycles. The molecule has 0 unspecified atom stereocenters. The van der Waals surface area contributed by atoms with Crippen molar-refractivity contribution in [1.82, 2.24) is 15.5 Å². The molecule has 3 rings (SSSR count). The number of hydrogen-bond acceptors (Lipinski definition) is 5. The number of ether oxygens (including phenoxy) is 1. The Hall–Kier alpha value is -1.86. The minimum Gasteiger partial charge on any atom is -0.469 e. The van der Waals surface area contributed by atoms with Crippen LogP contribution in [-0.2, 0) is 20.7 Å². The lowest BCUT2D eigenvalue weighted by Crippen LogP contribution is -2.51. The highest BCUT2D eigenvalue weighted by Crippen LogP contribution is 2.19. The van der Waals surface area contributed by atoms with Gasteiger partial charge in [0.15, 0.2) is 0 Å². The predicted octanol–water partition coefficient (Wildman–Crippen LogP) is 0.413. The molecule has 25 heavy (non-hydrogen) atoms. The van der Waals surface area contributed by atoms with E-state index in [0.29, 0.717) is 52.4 Å². The van der Waals surface area contributed by atoms with E-state index in [1.807, 2.05) is 17.0 Å². The van der Waals surface area contributed by atoms with Gasteiger partial charge in [-0.1, -0.05) is 0 Å². The second-order valence-electron chi connectivity index (χ2n) is 6.70. The number of piperidine rings is 1. The van der Waals surface area contributed by atoms with E-state index in [9.17, 15) is 9.59 Å². The molecule has 2 amide bonds. The summed E-state index contributed by atoms with van der Waals surface area (Å²) in [5.41, 5.74) is 0. The summed E-state index contributed by atoms with van der Waals surface area (Å²) in [6.07, 6.45) is 3.93. The van der Waals surface area contributed by atoms with Crippen molar-refractivity contribution in [2.75, 3.05) is 45.9 Å². The molecule has 1 aromatic rings. The van der Waals surface area contributed by atoms with Gasteiger partial charge in [-0.05, 0) is 25.0 Å². The maximum absolute atomic E-state index is 12.6. The van der Waals surface area contributed by atoms with Crippen molar-refractivity contribution >= 4 is 11.8 Å². The van der Waals surface area contributed by atoms with Gasteiger partial charge < -0.3 is 24.7 Å². The smallest absolute Gasteiger partial charge is 0.227 e. The molecule has 0 aliphatic carbocycles. The van der Waals surface area contributed by atoms with Crippen molar-refractivity contribution in [3.63, 3.8) is 0 Å². The number of morpholine rings is 1. The number of carbonyl (C=O) groups excluding carboxylic acids is 2. The van der Waals surface area contributed by atoms with E-state index in [-0.39, 0.29) is 23.7 Å². The van der Waals surface area contributed by atoms with Crippen LogP contribution in [0.3, 0.4) is 0 Å². The van der Waals surface area contributed by atoms with Gasteiger partial charge in [-0.3, -0.25) is 9.59 Å². The summed E-state index contributed by atoms with van der Waals surface area (Å²) in [4.78, 5) is 26.8. The first-order valence-corrected chi connectivity index (χ1v) is 9.11. The van der Waals surface area contributed by atoms with Crippen LogP contribution < -0.4 is 10.6 Å². The second-order valence-corrected chi connectivity index (χ2v) is 6.70. The van der Waals surface area contributed by atoms with Gasteiger partial charge in [-0.15, -0.1) is 0 Å². The third kappa shape index (κ3) is 5.06. The van der Waals surface area contributed by atoms with E-state index < -0.39 is 0 Å². The molecule has 2 aliphatic heterocycles. The average molecular weight is 349 g/mol. The zero-order chi connectivity index (χ0) is 17.5. The van der Waals surface area contributed by atoms with Crippen LogP contribution in [0.1, 0.15) is 18.6 Å². The molecule has 3 heterocycles. The molecule has 138 valence electrons. The van der Waals surface area contributed by atoms with Gasteiger partial charge in [0.1, 0.15) is 5.76 Å². The first-order chi connectivity index (χ1) is 12.2. The van der Waals surface area contributed by atoms with E-state index in [0.717, 1.165) is 18.6 Å². The Morgan fingerprint density at radius 2 is 2.04 bits per heavy atom. The van der Waals surface area contributed by atoms with E-state index in [2.05, 4.69) is 10.6 Å². The fourth-order valence-electron chi connectivity index (χ4n) is 3.45. The summed E-state index contributed by atoms with van der Waals surface area (Å²) in [7, 11) is 0. The van der Waals surface area contributed by atoms with Gasteiger partial charge in [0.25, 0.3) is 0 Å². The Morgan fingerprint density at radius 3 is 2.80 bits per heavy atom.